The molecule has 0 radical (unpaired) electrons. The second kappa shape index (κ2) is 5.89. The Balaban J connectivity index is 1.55. The van der Waals surface area contributed by atoms with Gasteiger partial charge in [0.1, 0.15) is 6.04 Å². The molecule has 0 saturated carbocycles. The van der Waals surface area contributed by atoms with Crippen molar-refractivity contribution in [2.24, 2.45) is 0 Å². The van der Waals surface area contributed by atoms with Gasteiger partial charge in [-0.25, -0.2) is 10.1 Å². The molecule has 4 rings (SSSR count). The van der Waals surface area contributed by atoms with Gasteiger partial charge < -0.3 is 15.6 Å². The molecule has 1 aliphatic rings. The highest BCUT2D eigenvalue weighted by Crippen LogP contribution is 2.19. The number of nitrogens with one attached hydrogen (secondary N) is 4. The molecule has 3 heterocycles. The zero-order valence-electron chi connectivity index (χ0n) is 12.8. The van der Waals surface area contributed by atoms with Crippen LogP contribution in [0.2, 0.25) is 0 Å². The van der Waals surface area contributed by atoms with Crippen LogP contribution in [-0.2, 0) is 17.8 Å². The fourth-order valence-corrected chi connectivity index (χ4v) is 3.01. The molecule has 8 nitrogen and oxygen atoms in total. The van der Waals surface area contributed by atoms with Crippen LogP contribution >= 0.6 is 0 Å². The lowest BCUT2D eigenvalue weighted by atomic mass is 10.0. The number of amides is 1. The largest absolute Gasteiger partial charge is 0.349 e. The van der Waals surface area contributed by atoms with Crippen molar-refractivity contribution in [2.75, 3.05) is 6.54 Å². The number of benzene rings is 1. The minimum absolute atomic E-state index is 0.167. The van der Waals surface area contributed by atoms with Gasteiger partial charge in [-0.05, 0) is 6.07 Å². The second-order valence-electron chi connectivity index (χ2n) is 5.67. The monoisotopic (exact) mass is 324 g/mol. The van der Waals surface area contributed by atoms with E-state index in [2.05, 4.69) is 30.8 Å². The van der Waals surface area contributed by atoms with Gasteiger partial charge in [0.25, 0.3) is 5.56 Å². The normalized spacial score (nSPS) is 16.8. The van der Waals surface area contributed by atoms with E-state index in [1.54, 1.807) is 18.5 Å². The Hall–Kier alpha value is -3.00. The average molecular weight is 324 g/mol. The molecule has 0 bridgehead atoms. The third-order valence-electron chi connectivity index (χ3n) is 4.22. The maximum atomic E-state index is 12.5. The van der Waals surface area contributed by atoms with Gasteiger partial charge in [0.2, 0.25) is 5.91 Å². The number of aromatic nitrogens is 4. The maximum absolute atomic E-state index is 12.5. The van der Waals surface area contributed by atoms with Crippen molar-refractivity contribution in [2.45, 2.75) is 19.0 Å². The van der Waals surface area contributed by atoms with E-state index in [9.17, 15) is 9.59 Å². The van der Waals surface area contributed by atoms with Crippen LogP contribution in [0.3, 0.4) is 0 Å². The summed E-state index contributed by atoms with van der Waals surface area (Å²) in [6.45, 7) is 0.946. The molecule has 2 aromatic heterocycles. The zero-order chi connectivity index (χ0) is 16.5. The molecule has 0 spiro atoms. The number of rotatable bonds is 3. The van der Waals surface area contributed by atoms with E-state index in [0.29, 0.717) is 17.6 Å². The number of imidazole rings is 1. The second-order valence-corrected chi connectivity index (χ2v) is 5.67. The highest BCUT2D eigenvalue weighted by Gasteiger charge is 2.28. The molecule has 3 aromatic rings. The number of nitrogens with zero attached hydrogens (tertiary/aromatic N) is 2. The van der Waals surface area contributed by atoms with Crippen molar-refractivity contribution in [3.8, 4) is 0 Å². The number of carbonyl (C=O) groups is 1. The predicted octanol–water partition coefficient (Wildman–Crippen LogP) is 0.149. The van der Waals surface area contributed by atoms with Crippen molar-refractivity contribution >= 4 is 16.7 Å². The molecule has 1 aliphatic heterocycles. The quantitative estimate of drug-likeness (QED) is 0.547. The highest BCUT2D eigenvalue weighted by atomic mass is 16.2. The SMILES string of the molecule is O=C(NCc1n[nH]c(=O)c2ccccc12)C1NCCc2[nH]cnc21. The van der Waals surface area contributed by atoms with Crippen LogP contribution in [0.5, 0.6) is 0 Å². The summed E-state index contributed by atoms with van der Waals surface area (Å²) in [5.74, 6) is -0.167. The predicted molar refractivity (Wildman–Crippen MR) is 87.2 cm³/mol. The lowest BCUT2D eigenvalue weighted by Gasteiger charge is -2.22. The lowest BCUT2D eigenvalue weighted by Crippen LogP contribution is -2.41. The molecule has 1 unspecified atom stereocenters. The van der Waals surface area contributed by atoms with Crippen molar-refractivity contribution in [3.05, 3.63) is 58.0 Å². The highest BCUT2D eigenvalue weighted by molar-refractivity contribution is 5.85. The molecule has 122 valence electrons. The number of carbonyl (C=O) groups excluding carboxylic acids is 1. The van der Waals surface area contributed by atoms with Gasteiger partial charge in [-0.1, -0.05) is 18.2 Å². The molecule has 24 heavy (non-hydrogen) atoms. The summed E-state index contributed by atoms with van der Waals surface area (Å²) < 4.78 is 0. The van der Waals surface area contributed by atoms with Gasteiger partial charge in [-0.3, -0.25) is 9.59 Å². The number of H-pyrrole nitrogens is 2. The van der Waals surface area contributed by atoms with Crippen molar-refractivity contribution in [1.29, 1.82) is 0 Å². The lowest BCUT2D eigenvalue weighted by molar-refractivity contribution is -0.123. The first-order valence-corrected chi connectivity index (χ1v) is 7.73. The number of hydrogen-bond acceptors (Lipinski definition) is 5. The van der Waals surface area contributed by atoms with E-state index in [4.69, 9.17) is 0 Å². The van der Waals surface area contributed by atoms with Crippen molar-refractivity contribution in [3.63, 3.8) is 0 Å². The molecular formula is C16H16N6O2. The third-order valence-corrected chi connectivity index (χ3v) is 4.22. The molecule has 0 aliphatic carbocycles. The molecule has 1 amide bonds. The molecule has 0 fully saturated rings. The zero-order valence-corrected chi connectivity index (χ0v) is 12.8. The molecule has 4 N–H and O–H groups in total. The van der Waals surface area contributed by atoms with Crippen LogP contribution < -0.4 is 16.2 Å². The Morgan fingerprint density at radius 2 is 2.12 bits per heavy atom. The average Bonchev–Trinajstić information content (AvgIpc) is 3.10. The minimum Gasteiger partial charge on any atom is -0.349 e. The summed E-state index contributed by atoms with van der Waals surface area (Å²) >= 11 is 0. The van der Waals surface area contributed by atoms with Crippen LogP contribution in [0, 0.1) is 0 Å². The maximum Gasteiger partial charge on any atom is 0.272 e. The number of fused-ring (bicyclic) bond motifs is 2. The Bertz CT molecular complexity index is 960. The van der Waals surface area contributed by atoms with E-state index >= 15 is 0 Å². The molecule has 1 atom stereocenters. The van der Waals surface area contributed by atoms with Gasteiger partial charge >= 0.3 is 0 Å². The van der Waals surface area contributed by atoms with E-state index in [0.717, 1.165) is 23.2 Å². The van der Waals surface area contributed by atoms with Crippen molar-refractivity contribution in [1.82, 2.24) is 30.8 Å². The van der Waals surface area contributed by atoms with Crippen LogP contribution in [0.25, 0.3) is 10.8 Å². The Morgan fingerprint density at radius 1 is 1.29 bits per heavy atom. The third kappa shape index (κ3) is 2.46. The summed E-state index contributed by atoms with van der Waals surface area (Å²) in [4.78, 5) is 31.6. The molecular weight excluding hydrogens is 308 g/mol. The summed E-state index contributed by atoms with van der Waals surface area (Å²) in [6, 6.07) is 6.72. The van der Waals surface area contributed by atoms with E-state index in [-0.39, 0.29) is 18.0 Å². The van der Waals surface area contributed by atoms with Gasteiger partial charge in [-0.15, -0.1) is 0 Å². The van der Waals surface area contributed by atoms with E-state index in [1.807, 2.05) is 12.1 Å². The summed E-state index contributed by atoms with van der Waals surface area (Å²) in [7, 11) is 0. The first-order valence-electron chi connectivity index (χ1n) is 7.73. The molecule has 8 heteroatoms. The van der Waals surface area contributed by atoms with E-state index in [1.165, 1.54) is 0 Å². The van der Waals surface area contributed by atoms with Crippen LogP contribution in [0.1, 0.15) is 23.1 Å². The Labute approximate surface area is 136 Å². The number of hydrogen-bond donors (Lipinski definition) is 4. The van der Waals surface area contributed by atoms with Crippen LogP contribution in [-0.4, -0.2) is 32.6 Å². The number of aromatic amines is 2. The van der Waals surface area contributed by atoms with Crippen LogP contribution in [0.15, 0.2) is 35.4 Å². The smallest absolute Gasteiger partial charge is 0.272 e. The summed E-state index contributed by atoms with van der Waals surface area (Å²) in [6.07, 6.45) is 2.43. The minimum atomic E-state index is -0.478. The standard InChI is InChI=1S/C16H16N6O2/c23-15-10-4-2-1-3-9(10)12(21-22-15)7-18-16(24)14-13-11(5-6-17-14)19-8-20-13/h1-4,8,14,17H,5-7H2,(H,18,24)(H,19,20)(H,22,23). The Kier molecular flexibility index (Phi) is 3.58. The first kappa shape index (κ1) is 14.6. The van der Waals surface area contributed by atoms with Gasteiger partial charge in [-0.2, -0.15) is 5.10 Å². The Morgan fingerprint density at radius 3 is 3.00 bits per heavy atom. The van der Waals surface area contributed by atoms with Crippen molar-refractivity contribution < 1.29 is 4.79 Å². The fourth-order valence-electron chi connectivity index (χ4n) is 3.01. The van der Waals surface area contributed by atoms with Gasteiger partial charge in [0, 0.05) is 24.0 Å². The summed E-state index contributed by atoms with van der Waals surface area (Å²) in [5.41, 5.74) is 2.10. The fraction of sp³-hybridized carbons (Fsp3) is 0.250. The topological polar surface area (TPSA) is 116 Å². The van der Waals surface area contributed by atoms with Gasteiger partial charge in [0.05, 0.1) is 29.6 Å². The molecule has 0 saturated heterocycles. The van der Waals surface area contributed by atoms with E-state index < -0.39 is 6.04 Å². The molecule has 1 aromatic carbocycles. The summed E-state index contributed by atoms with van der Waals surface area (Å²) in [5, 5.41) is 13.9. The first-order chi connectivity index (χ1) is 11.7. The van der Waals surface area contributed by atoms with Gasteiger partial charge in [0.15, 0.2) is 0 Å². The van der Waals surface area contributed by atoms with Crippen LogP contribution in [0.4, 0.5) is 0 Å².